The van der Waals surface area contributed by atoms with Gasteiger partial charge in [-0.05, 0) is 30.5 Å². The first-order valence-corrected chi connectivity index (χ1v) is 6.41. The van der Waals surface area contributed by atoms with E-state index in [0.717, 1.165) is 19.6 Å². The van der Waals surface area contributed by atoms with E-state index >= 15 is 0 Å². The topological polar surface area (TPSA) is 41.6 Å². The molecule has 90 valence electrons. The molecule has 0 radical (unpaired) electrons. The highest BCUT2D eigenvalue weighted by atomic mass is 15.2. The average molecular weight is 229 g/mol. The summed E-state index contributed by atoms with van der Waals surface area (Å²) in [5, 5.41) is 0. The predicted molar refractivity (Wildman–Crippen MR) is 71.7 cm³/mol. The Morgan fingerprint density at radius 3 is 2.82 bits per heavy atom. The molecule has 1 aliphatic carbocycles. The third kappa shape index (κ3) is 1.75. The zero-order valence-corrected chi connectivity index (χ0v) is 10.1. The Morgan fingerprint density at radius 1 is 1.35 bits per heavy atom. The first-order valence-electron chi connectivity index (χ1n) is 6.41. The molecular formula is C14H19N3. The van der Waals surface area contributed by atoms with E-state index in [1.807, 2.05) is 6.34 Å². The lowest BCUT2D eigenvalue weighted by molar-refractivity contribution is 0.253. The minimum Gasteiger partial charge on any atom is -0.331 e. The first-order chi connectivity index (χ1) is 8.34. The Hall–Kier alpha value is -1.35. The largest absolute Gasteiger partial charge is 0.331 e. The maximum absolute atomic E-state index is 5.96. The number of benzene rings is 1. The summed E-state index contributed by atoms with van der Waals surface area (Å²) in [6.45, 7) is 2.68. The Kier molecular flexibility index (Phi) is 2.63. The molecule has 1 heterocycles. The standard InChI is InChI=1S/C14H19N3/c15-10-14(5-2-6-14)12-3-1-4-13(9-12)17-8-7-16-11-17/h1,3-4,9,11H,2,5-8,10,15H2. The van der Waals surface area contributed by atoms with Crippen LogP contribution in [0.25, 0.3) is 0 Å². The molecule has 1 saturated carbocycles. The van der Waals surface area contributed by atoms with Gasteiger partial charge >= 0.3 is 0 Å². The summed E-state index contributed by atoms with van der Waals surface area (Å²) >= 11 is 0. The minimum absolute atomic E-state index is 0.257. The van der Waals surface area contributed by atoms with E-state index in [0.29, 0.717) is 0 Å². The van der Waals surface area contributed by atoms with Crippen molar-refractivity contribution in [1.82, 2.24) is 0 Å². The van der Waals surface area contributed by atoms with E-state index < -0.39 is 0 Å². The van der Waals surface area contributed by atoms with Crippen molar-refractivity contribution < 1.29 is 0 Å². The number of aliphatic imine (C=N–C) groups is 1. The van der Waals surface area contributed by atoms with Gasteiger partial charge in [-0.2, -0.15) is 0 Å². The molecular weight excluding hydrogens is 210 g/mol. The number of anilines is 1. The molecule has 1 fully saturated rings. The van der Waals surface area contributed by atoms with Gasteiger partial charge in [-0.15, -0.1) is 0 Å². The van der Waals surface area contributed by atoms with Gasteiger partial charge in [0.1, 0.15) is 0 Å². The molecule has 17 heavy (non-hydrogen) atoms. The smallest absolute Gasteiger partial charge is 0.0895 e. The second-order valence-corrected chi connectivity index (χ2v) is 5.10. The third-order valence-corrected chi connectivity index (χ3v) is 4.18. The quantitative estimate of drug-likeness (QED) is 0.860. The monoisotopic (exact) mass is 229 g/mol. The van der Waals surface area contributed by atoms with E-state index in [1.54, 1.807) is 0 Å². The molecule has 1 aromatic rings. The molecule has 2 N–H and O–H groups in total. The molecule has 0 atom stereocenters. The molecule has 0 unspecified atom stereocenters. The highest BCUT2D eigenvalue weighted by Gasteiger charge is 2.37. The molecule has 0 spiro atoms. The zero-order chi connectivity index (χ0) is 11.7. The molecule has 3 rings (SSSR count). The van der Waals surface area contributed by atoms with Crippen LogP contribution in [-0.4, -0.2) is 26.0 Å². The maximum atomic E-state index is 5.96. The number of rotatable bonds is 3. The van der Waals surface area contributed by atoms with Gasteiger partial charge in [-0.3, -0.25) is 4.99 Å². The fourth-order valence-corrected chi connectivity index (χ4v) is 2.80. The lowest BCUT2D eigenvalue weighted by atomic mass is 9.64. The van der Waals surface area contributed by atoms with Gasteiger partial charge in [0.2, 0.25) is 0 Å². The maximum Gasteiger partial charge on any atom is 0.0895 e. The van der Waals surface area contributed by atoms with Crippen molar-refractivity contribution in [2.45, 2.75) is 24.7 Å². The molecule has 3 nitrogen and oxygen atoms in total. The lowest BCUT2D eigenvalue weighted by Gasteiger charge is -2.41. The Balaban J connectivity index is 1.90. The van der Waals surface area contributed by atoms with Crippen LogP contribution in [0.1, 0.15) is 24.8 Å². The Morgan fingerprint density at radius 2 is 2.24 bits per heavy atom. The molecule has 3 heteroatoms. The summed E-state index contributed by atoms with van der Waals surface area (Å²) < 4.78 is 0. The Bertz CT molecular complexity index is 429. The van der Waals surface area contributed by atoms with Crippen LogP contribution in [0.3, 0.4) is 0 Å². The summed E-state index contributed by atoms with van der Waals surface area (Å²) in [6.07, 6.45) is 5.73. The van der Waals surface area contributed by atoms with Crippen molar-refractivity contribution >= 4 is 12.0 Å². The van der Waals surface area contributed by atoms with E-state index in [2.05, 4.69) is 34.2 Å². The average Bonchev–Trinajstić information content (AvgIpc) is 2.82. The first kappa shape index (κ1) is 10.8. The van der Waals surface area contributed by atoms with Gasteiger partial charge in [-0.1, -0.05) is 18.6 Å². The summed E-state index contributed by atoms with van der Waals surface area (Å²) in [5.41, 5.74) is 8.88. The van der Waals surface area contributed by atoms with Crippen LogP contribution < -0.4 is 10.6 Å². The second-order valence-electron chi connectivity index (χ2n) is 5.10. The highest BCUT2D eigenvalue weighted by molar-refractivity contribution is 5.81. The van der Waals surface area contributed by atoms with Crippen LogP contribution in [0.15, 0.2) is 29.3 Å². The van der Waals surface area contributed by atoms with Gasteiger partial charge in [0.25, 0.3) is 0 Å². The molecule has 0 aromatic heterocycles. The van der Waals surface area contributed by atoms with E-state index in [1.165, 1.54) is 30.5 Å². The molecule has 1 aromatic carbocycles. The van der Waals surface area contributed by atoms with Crippen LogP contribution in [0.4, 0.5) is 5.69 Å². The van der Waals surface area contributed by atoms with Crippen LogP contribution in [0.5, 0.6) is 0 Å². The third-order valence-electron chi connectivity index (χ3n) is 4.18. The van der Waals surface area contributed by atoms with Gasteiger partial charge in [0.15, 0.2) is 0 Å². The molecule has 0 amide bonds. The normalized spacial score (nSPS) is 21.6. The van der Waals surface area contributed by atoms with Gasteiger partial charge in [0, 0.05) is 24.2 Å². The summed E-state index contributed by atoms with van der Waals surface area (Å²) in [7, 11) is 0. The molecule has 0 saturated heterocycles. The molecule has 1 aliphatic heterocycles. The summed E-state index contributed by atoms with van der Waals surface area (Å²) in [5.74, 6) is 0. The minimum atomic E-state index is 0.257. The lowest BCUT2D eigenvalue weighted by Crippen LogP contribution is -2.41. The van der Waals surface area contributed by atoms with Crippen LogP contribution in [-0.2, 0) is 5.41 Å². The van der Waals surface area contributed by atoms with Crippen LogP contribution in [0.2, 0.25) is 0 Å². The van der Waals surface area contributed by atoms with Crippen molar-refractivity contribution in [3.05, 3.63) is 29.8 Å². The van der Waals surface area contributed by atoms with Gasteiger partial charge < -0.3 is 10.6 Å². The van der Waals surface area contributed by atoms with Crippen molar-refractivity contribution in [1.29, 1.82) is 0 Å². The highest BCUT2D eigenvalue weighted by Crippen LogP contribution is 2.43. The van der Waals surface area contributed by atoms with Crippen molar-refractivity contribution in [2.24, 2.45) is 10.7 Å². The fourth-order valence-electron chi connectivity index (χ4n) is 2.80. The fraction of sp³-hybridized carbons (Fsp3) is 0.500. The van der Waals surface area contributed by atoms with E-state index in [9.17, 15) is 0 Å². The zero-order valence-electron chi connectivity index (χ0n) is 10.1. The molecule has 2 aliphatic rings. The number of hydrogen-bond donors (Lipinski definition) is 1. The number of nitrogens with two attached hydrogens (primary N) is 1. The van der Waals surface area contributed by atoms with Gasteiger partial charge in [0.05, 0.1) is 12.9 Å². The van der Waals surface area contributed by atoms with E-state index in [-0.39, 0.29) is 5.41 Å². The second kappa shape index (κ2) is 4.15. The van der Waals surface area contributed by atoms with Crippen molar-refractivity contribution in [2.75, 3.05) is 24.5 Å². The Labute approximate surface area is 102 Å². The van der Waals surface area contributed by atoms with Crippen LogP contribution >= 0.6 is 0 Å². The predicted octanol–water partition coefficient (Wildman–Crippen LogP) is 1.92. The van der Waals surface area contributed by atoms with Crippen molar-refractivity contribution in [3.8, 4) is 0 Å². The van der Waals surface area contributed by atoms with Crippen LogP contribution in [0, 0.1) is 0 Å². The number of nitrogens with zero attached hydrogens (tertiary/aromatic N) is 2. The van der Waals surface area contributed by atoms with Gasteiger partial charge in [-0.25, -0.2) is 0 Å². The van der Waals surface area contributed by atoms with Crippen molar-refractivity contribution in [3.63, 3.8) is 0 Å². The SMILES string of the molecule is NCC1(c2cccc(N3C=NCC3)c2)CCC1. The number of hydrogen-bond acceptors (Lipinski definition) is 3. The molecule has 0 bridgehead atoms. The van der Waals surface area contributed by atoms with E-state index in [4.69, 9.17) is 5.73 Å². The summed E-state index contributed by atoms with van der Waals surface area (Å²) in [6, 6.07) is 8.82. The summed E-state index contributed by atoms with van der Waals surface area (Å²) in [4.78, 5) is 6.48.